The zero-order valence-corrected chi connectivity index (χ0v) is 13.3. The molecule has 0 heterocycles. The van der Waals surface area contributed by atoms with Crippen LogP contribution in [0.4, 0.5) is 0 Å². The number of nitrogens with zero attached hydrogens (tertiary/aromatic N) is 1. The number of carbonyl (C=O) groups excluding carboxylic acids is 1. The third-order valence-electron chi connectivity index (χ3n) is 4.21. The van der Waals surface area contributed by atoms with Crippen molar-refractivity contribution in [3.63, 3.8) is 0 Å². The number of rotatable bonds is 3. The number of amides is 1. The number of nitrogens with two attached hydrogens (primary N) is 1. The standard InChI is InChI=1S/C18H19ClN2O/c1-21(12-13-5-4-8-16(19)9-13)17(22)18(20)10-14-6-2-3-7-15(14)11-18/h2-9H,10-12,20H2,1H3. The molecule has 0 saturated carbocycles. The molecule has 4 heteroatoms. The van der Waals surface area contributed by atoms with Crippen LogP contribution in [0.5, 0.6) is 0 Å². The fourth-order valence-corrected chi connectivity index (χ4v) is 3.37. The zero-order valence-electron chi connectivity index (χ0n) is 12.6. The van der Waals surface area contributed by atoms with Gasteiger partial charge in [-0.1, -0.05) is 48.0 Å². The quantitative estimate of drug-likeness (QED) is 0.947. The van der Waals surface area contributed by atoms with Crippen molar-refractivity contribution in [2.75, 3.05) is 7.05 Å². The van der Waals surface area contributed by atoms with Gasteiger partial charge in [-0.25, -0.2) is 0 Å². The molecule has 0 aromatic heterocycles. The summed E-state index contributed by atoms with van der Waals surface area (Å²) in [7, 11) is 1.79. The molecule has 2 aromatic rings. The Morgan fingerprint density at radius 3 is 2.41 bits per heavy atom. The van der Waals surface area contributed by atoms with E-state index in [1.807, 2.05) is 48.5 Å². The molecule has 1 aliphatic carbocycles. The normalized spacial score (nSPS) is 15.4. The Bertz CT molecular complexity index is 689. The summed E-state index contributed by atoms with van der Waals surface area (Å²) < 4.78 is 0. The number of fused-ring (bicyclic) bond motifs is 1. The molecule has 22 heavy (non-hydrogen) atoms. The first kappa shape index (κ1) is 15.1. The lowest BCUT2D eigenvalue weighted by Crippen LogP contribution is -2.55. The van der Waals surface area contributed by atoms with E-state index in [1.54, 1.807) is 11.9 Å². The second-order valence-corrected chi connectivity index (χ2v) is 6.51. The van der Waals surface area contributed by atoms with Crippen molar-refractivity contribution in [2.24, 2.45) is 5.73 Å². The van der Waals surface area contributed by atoms with E-state index in [4.69, 9.17) is 17.3 Å². The monoisotopic (exact) mass is 314 g/mol. The summed E-state index contributed by atoms with van der Waals surface area (Å²) in [6, 6.07) is 15.6. The Morgan fingerprint density at radius 2 is 1.82 bits per heavy atom. The van der Waals surface area contributed by atoms with Crippen LogP contribution >= 0.6 is 11.6 Å². The van der Waals surface area contributed by atoms with Gasteiger partial charge in [0, 0.05) is 18.6 Å². The van der Waals surface area contributed by atoms with Crippen molar-refractivity contribution in [3.8, 4) is 0 Å². The van der Waals surface area contributed by atoms with Crippen LogP contribution in [0.15, 0.2) is 48.5 Å². The molecule has 0 aliphatic heterocycles. The van der Waals surface area contributed by atoms with Gasteiger partial charge in [-0.2, -0.15) is 0 Å². The van der Waals surface area contributed by atoms with E-state index >= 15 is 0 Å². The molecule has 1 amide bonds. The first-order valence-electron chi connectivity index (χ1n) is 7.34. The largest absolute Gasteiger partial charge is 0.340 e. The summed E-state index contributed by atoms with van der Waals surface area (Å²) in [4.78, 5) is 14.5. The predicted molar refractivity (Wildman–Crippen MR) is 88.7 cm³/mol. The van der Waals surface area contributed by atoms with Crippen LogP contribution in [-0.4, -0.2) is 23.4 Å². The summed E-state index contributed by atoms with van der Waals surface area (Å²) in [5.41, 5.74) is 8.94. The molecular formula is C18H19ClN2O. The molecule has 1 aliphatic rings. The number of carbonyl (C=O) groups is 1. The molecule has 3 rings (SSSR count). The fourth-order valence-electron chi connectivity index (χ4n) is 3.16. The highest BCUT2D eigenvalue weighted by atomic mass is 35.5. The van der Waals surface area contributed by atoms with Crippen LogP contribution < -0.4 is 5.73 Å². The van der Waals surface area contributed by atoms with Crippen LogP contribution in [-0.2, 0) is 24.2 Å². The molecular weight excluding hydrogens is 296 g/mol. The number of hydrogen-bond acceptors (Lipinski definition) is 2. The van der Waals surface area contributed by atoms with Crippen molar-refractivity contribution in [1.29, 1.82) is 0 Å². The second kappa shape index (κ2) is 5.75. The number of hydrogen-bond donors (Lipinski definition) is 1. The van der Waals surface area contributed by atoms with Gasteiger partial charge in [0.05, 0.1) is 0 Å². The smallest absolute Gasteiger partial charge is 0.243 e. The van der Waals surface area contributed by atoms with Gasteiger partial charge in [0.2, 0.25) is 5.91 Å². The molecule has 0 bridgehead atoms. The van der Waals surface area contributed by atoms with Gasteiger partial charge in [-0.3, -0.25) is 4.79 Å². The lowest BCUT2D eigenvalue weighted by Gasteiger charge is -2.29. The van der Waals surface area contributed by atoms with Gasteiger partial charge in [-0.05, 0) is 41.7 Å². The van der Waals surface area contributed by atoms with Gasteiger partial charge in [0.1, 0.15) is 5.54 Å². The maximum atomic E-state index is 12.8. The van der Waals surface area contributed by atoms with Crippen molar-refractivity contribution in [3.05, 3.63) is 70.2 Å². The first-order chi connectivity index (χ1) is 10.5. The van der Waals surface area contributed by atoms with E-state index in [-0.39, 0.29) is 5.91 Å². The lowest BCUT2D eigenvalue weighted by atomic mass is 9.95. The second-order valence-electron chi connectivity index (χ2n) is 6.07. The molecule has 3 nitrogen and oxygen atoms in total. The molecule has 0 unspecified atom stereocenters. The van der Waals surface area contributed by atoms with E-state index in [0.717, 1.165) is 5.56 Å². The summed E-state index contributed by atoms with van der Waals surface area (Å²) in [6.07, 6.45) is 1.20. The van der Waals surface area contributed by atoms with E-state index in [0.29, 0.717) is 24.4 Å². The molecule has 0 fully saturated rings. The third kappa shape index (κ3) is 2.87. The van der Waals surface area contributed by atoms with Crippen LogP contribution in [0.1, 0.15) is 16.7 Å². The average Bonchev–Trinajstić information content (AvgIpc) is 2.83. The first-order valence-corrected chi connectivity index (χ1v) is 7.71. The van der Waals surface area contributed by atoms with Crippen molar-refractivity contribution >= 4 is 17.5 Å². The number of benzene rings is 2. The topological polar surface area (TPSA) is 46.3 Å². The maximum absolute atomic E-state index is 12.8. The Balaban J connectivity index is 1.74. The fraction of sp³-hybridized carbons (Fsp3) is 0.278. The lowest BCUT2D eigenvalue weighted by molar-refractivity contribution is -0.135. The van der Waals surface area contributed by atoms with Crippen molar-refractivity contribution in [1.82, 2.24) is 4.90 Å². The Labute approximate surface area is 135 Å². The number of halogens is 1. The summed E-state index contributed by atoms with van der Waals surface area (Å²) >= 11 is 6.00. The average molecular weight is 315 g/mol. The Kier molecular flexibility index (Phi) is 3.94. The van der Waals surface area contributed by atoms with Gasteiger partial charge in [0.15, 0.2) is 0 Å². The molecule has 0 saturated heterocycles. The molecule has 2 N–H and O–H groups in total. The summed E-state index contributed by atoms with van der Waals surface area (Å²) in [6.45, 7) is 0.509. The highest BCUT2D eigenvalue weighted by Crippen LogP contribution is 2.29. The van der Waals surface area contributed by atoms with E-state index in [9.17, 15) is 4.79 Å². The molecule has 0 atom stereocenters. The van der Waals surface area contributed by atoms with Gasteiger partial charge in [-0.15, -0.1) is 0 Å². The minimum Gasteiger partial charge on any atom is -0.340 e. The predicted octanol–water partition coefficient (Wildman–Crippen LogP) is 2.79. The minimum absolute atomic E-state index is 0.0244. The highest BCUT2D eigenvalue weighted by molar-refractivity contribution is 6.30. The molecule has 0 spiro atoms. The van der Waals surface area contributed by atoms with E-state index < -0.39 is 5.54 Å². The zero-order chi connectivity index (χ0) is 15.7. The van der Waals surface area contributed by atoms with E-state index in [1.165, 1.54) is 11.1 Å². The Morgan fingerprint density at radius 1 is 1.18 bits per heavy atom. The van der Waals surface area contributed by atoms with Crippen LogP contribution in [0.2, 0.25) is 5.02 Å². The third-order valence-corrected chi connectivity index (χ3v) is 4.45. The van der Waals surface area contributed by atoms with Gasteiger partial charge >= 0.3 is 0 Å². The molecule has 0 radical (unpaired) electrons. The summed E-state index contributed by atoms with van der Waals surface area (Å²) in [5, 5.41) is 0.675. The highest BCUT2D eigenvalue weighted by Gasteiger charge is 2.41. The maximum Gasteiger partial charge on any atom is 0.243 e. The number of likely N-dealkylation sites (N-methyl/N-ethyl adjacent to an activating group) is 1. The molecule has 114 valence electrons. The van der Waals surface area contributed by atoms with Crippen LogP contribution in [0.25, 0.3) is 0 Å². The SMILES string of the molecule is CN(Cc1cccc(Cl)c1)C(=O)C1(N)Cc2ccccc2C1. The van der Waals surface area contributed by atoms with E-state index in [2.05, 4.69) is 0 Å². The van der Waals surface area contributed by atoms with Crippen LogP contribution in [0.3, 0.4) is 0 Å². The van der Waals surface area contributed by atoms with Crippen molar-refractivity contribution in [2.45, 2.75) is 24.9 Å². The summed E-state index contributed by atoms with van der Waals surface area (Å²) in [5.74, 6) is -0.0244. The van der Waals surface area contributed by atoms with Gasteiger partial charge in [0.25, 0.3) is 0 Å². The molecule has 2 aromatic carbocycles. The van der Waals surface area contributed by atoms with Gasteiger partial charge < -0.3 is 10.6 Å². The van der Waals surface area contributed by atoms with Crippen LogP contribution in [0, 0.1) is 0 Å². The van der Waals surface area contributed by atoms with Crippen molar-refractivity contribution < 1.29 is 4.79 Å². The Hall–Kier alpha value is -1.84. The minimum atomic E-state index is -0.836.